The van der Waals surface area contributed by atoms with E-state index in [9.17, 15) is 4.79 Å². The number of ether oxygens (including phenoxy) is 2. The van der Waals surface area contributed by atoms with Crippen molar-refractivity contribution < 1.29 is 14.3 Å². The lowest BCUT2D eigenvalue weighted by Gasteiger charge is -2.10. The summed E-state index contributed by atoms with van der Waals surface area (Å²) in [4.78, 5) is 17.4. The van der Waals surface area contributed by atoms with Crippen LogP contribution >= 0.6 is 22.9 Å². The number of hydrogen-bond donors (Lipinski definition) is 1. The van der Waals surface area contributed by atoms with Gasteiger partial charge in [0, 0.05) is 11.6 Å². The van der Waals surface area contributed by atoms with Gasteiger partial charge in [-0.25, -0.2) is 4.98 Å². The number of nitrogens with one attached hydrogen (secondary N) is 1. The summed E-state index contributed by atoms with van der Waals surface area (Å²) in [5, 5.41) is 8.56. The van der Waals surface area contributed by atoms with Gasteiger partial charge in [-0.1, -0.05) is 29.0 Å². The Bertz CT molecular complexity index is 1220. The van der Waals surface area contributed by atoms with Crippen LogP contribution in [0.5, 0.6) is 11.5 Å². The summed E-state index contributed by atoms with van der Waals surface area (Å²) in [6, 6.07) is 12.4. The third kappa shape index (κ3) is 3.64. The molecule has 0 atom stereocenters. The summed E-state index contributed by atoms with van der Waals surface area (Å²) >= 11 is 7.69. The summed E-state index contributed by atoms with van der Waals surface area (Å²) in [7, 11) is 3.07. The van der Waals surface area contributed by atoms with E-state index in [0.29, 0.717) is 38.6 Å². The van der Waals surface area contributed by atoms with E-state index in [1.54, 1.807) is 42.1 Å². The number of methoxy groups -OCH3 is 2. The largest absolute Gasteiger partial charge is 0.493 e. The van der Waals surface area contributed by atoms with E-state index < -0.39 is 0 Å². The normalized spacial score (nSPS) is 10.9. The predicted molar refractivity (Wildman–Crippen MR) is 114 cm³/mol. The molecule has 0 aliphatic carbocycles. The number of halogens is 1. The molecule has 0 spiro atoms. The van der Waals surface area contributed by atoms with Crippen LogP contribution in [0.3, 0.4) is 0 Å². The first kappa shape index (κ1) is 19.2. The Morgan fingerprint density at radius 3 is 2.66 bits per heavy atom. The SMILES string of the molecule is COc1ccc(C(=O)Nc2cc(C)nn2-c2nc3c(Cl)cccc3s2)cc1OC. The number of carbonyl (C=O) groups excluding carboxylic acids is 1. The smallest absolute Gasteiger partial charge is 0.256 e. The molecule has 0 aliphatic heterocycles. The lowest BCUT2D eigenvalue weighted by molar-refractivity contribution is 0.102. The first-order valence-corrected chi connectivity index (χ1v) is 9.85. The highest BCUT2D eigenvalue weighted by Gasteiger charge is 2.17. The number of nitrogens with zero attached hydrogens (tertiary/aromatic N) is 3. The van der Waals surface area contributed by atoms with E-state index in [0.717, 1.165) is 10.4 Å². The van der Waals surface area contributed by atoms with E-state index in [1.807, 2.05) is 19.1 Å². The highest BCUT2D eigenvalue weighted by atomic mass is 35.5. The monoisotopic (exact) mass is 428 g/mol. The average molecular weight is 429 g/mol. The minimum Gasteiger partial charge on any atom is -0.493 e. The minimum absolute atomic E-state index is 0.300. The van der Waals surface area contributed by atoms with Crippen LogP contribution < -0.4 is 14.8 Å². The standard InChI is InChI=1S/C20H17ClN4O3S/c1-11-9-17(22-19(26)12-7-8-14(27-2)15(10-12)28-3)25(24-11)20-23-18-13(21)5-4-6-16(18)29-20/h4-10H,1-3H3,(H,22,26). The number of amides is 1. The fourth-order valence-electron chi connectivity index (χ4n) is 2.89. The number of hydrogen-bond acceptors (Lipinski definition) is 6. The summed E-state index contributed by atoms with van der Waals surface area (Å²) < 4.78 is 13.0. The number of thiazole rings is 1. The zero-order valence-corrected chi connectivity index (χ0v) is 17.5. The van der Waals surface area contributed by atoms with Crippen molar-refractivity contribution in [2.45, 2.75) is 6.92 Å². The van der Waals surface area contributed by atoms with Crippen molar-refractivity contribution in [3.63, 3.8) is 0 Å². The molecule has 0 fully saturated rings. The summed E-state index contributed by atoms with van der Waals surface area (Å²) in [6.45, 7) is 1.85. The molecule has 0 saturated carbocycles. The third-order valence-corrected chi connectivity index (χ3v) is 5.56. The van der Waals surface area contributed by atoms with E-state index in [-0.39, 0.29) is 5.91 Å². The Labute approximate surface area is 175 Å². The molecule has 2 aromatic carbocycles. The first-order chi connectivity index (χ1) is 14.0. The second kappa shape index (κ2) is 7.73. The first-order valence-electron chi connectivity index (χ1n) is 8.65. The van der Waals surface area contributed by atoms with Crippen LogP contribution in [0.2, 0.25) is 5.02 Å². The molecule has 4 rings (SSSR count). The number of fused-ring (bicyclic) bond motifs is 1. The second-order valence-corrected chi connectivity index (χ2v) is 7.61. The number of benzene rings is 2. The third-order valence-electron chi connectivity index (χ3n) is 4.26. The van der Waals surface area contributed by atoms with Crippen molar-refractivity contribution >= 4 is 44.9 Å². The molecule has 0 radical (unpaired) electrons. The van der Waals surface area contributed by atoms with E-state index >= 15 is 0 Å². The quantitative estimate of drug-likeness (QED) is 0.498. The molecule has 2 heterocycles. The van der Waals surface area contributed by atoms with Gasteiger partial charge in [-0.05, 0) is 37.3 Å². The van der Waals surface area contributed by atoms with Crippen LogP contribution in [0, 0.1) is 6.92 Å². The van der Waals surface area contributed by atoms with Gasteiger partial charge >= 0.3 is 0 Å². The highest BCUT2D eigenvalue weighted by molar-refractivity contribution is 7.20. The molecule has 0 aliphatic rings. The zero-order valence-electron chi connectivity index (χ0n) is 15.9. The number of aromatic nitrogens is 3. The van der Waals surface area contributed by atoms with Crippen LogP contribution in [0.1, 0.15) is 16.1 Å². The maximum absolute atomic E-state index is 12.8. The highest BCUT2D eigenvalue weighted by Crippen LogP contribution is 2.32. The van der Waals surface area contributed by atoms with Crippen LogP contribution in [0.15, 0.2) is 42.5 Å². The van der Waals surface area contributed by atoms with Gasteiger partial charge in [0.1, 0.15) is 11.3 Å². The van der Waals surface area contributed by atoms with Gasteiger partial charge in [-0.3, -0.25) is 4.79 Å². The molecule has 2 aromatic heterocycles. The van der Waals surface area contributed by atoms with Crippen LogP contribution in [0.25, 0.3) is 15.3 Å². The molecular formula is C20H17ClN4O3S. The molecule has 0 saturated heterocycles. The van der Waals surface area contributed by atoms with Gasteiger partial charge in [0.05, 0.1) is 29.6 Å². The Balaban J connectivity index is 1.68. The van der Waals surface area contributed by atoms with Gasteiger partial charge < -0.3 is 14.8 Å². The fraction of sp³-hybridized carbons (Fsp3) is 0.150. The van der Waals surface area contributed by atoms with E-state index in [4.69, 9.17) is 21.1 Å². The van der Waals surface area contributed by atoms with Crippen LogP contribution in [-0.4, -0.2) is 34.9 Å². The molecule has 1 N–H and O–H groups in total. The molecule has 148 valence electrons. The minimum atomic E-state index is -0.300. The number of aryl methyl sites for hydroxylation is 1. The molecule has 4 aromatic rings. The Morgan fingerprint density at radius 2 is 1.93 bits per heavy atom. The number of carbonyl (C=O) groups is 1. The molecule has 0 bridgehead atoms. The van der Waals surface area contributed by atoms with Crippen molar-refractivity contribution in [1.82, 2.24) is 14.8 Å². The van der Waals surface area contributed by atoms with Gasteiger partial charge in [0.2, 0.25) is 5.13 Å². The van der Waals surface area contributed by atoms with Crippen molar-refractivity contribution in [1.29, 1.82) is 0 Å². The maximum atomic E-state index is 12.8. The fourth-order valence-corrected chi connectivity index (χ4v) is 4.13. The molecule has 7 nitrogen and oxygen atoms in total. The predicted octanol–water partition coefficient (Wildman–Crippen LogP) is 4.71. The van der Waals surface area contributed by atoms with Gasteiger partial charge in [-0.15, -0.1) is 0 Å². The topological polar surface area (TPSA) is 78.3 Å². The lowest BCUT2D eigenvalue weighted by atomic mass is 10.2. The van der Waals surface area contributed by atoms with Crippen molar-refractivity contribution in [2.75, 3.05) is 19.5 Å². The van der Waals surface area contributed by atoms with Gasteiger partial charge in [0.25, 0.3) is 5.91 Å². The molecule has 0 unspecified atom stereocenters. The molecular weight excluding hydrogens is 412 g/mol. The number of rotatable bonds is 5. The molecule has 9 heteroatoms. The van der Waals surface area contributed by atoms with E-state index in [1.165, 1.54) is 18.4 Å². The van der Waals surface area contributed by atoms with Gasteiger partial charge in [-0.2, -0.15) is 9.78 Å². The molecule has 29 heavy (non-hydrogen) atoms. The van der Waals surface area contributed by atoms with Crippen LogP contribution in [0.4, 0.5) is 5.82 Å². The lowest BCUT2D eigenvalue weighted by Crippen LogP contribution is -2.15. The van der Waals surface area contributed by atoms with Crippen molar-refractivity contribution in [2.24, 2.45) is 0 Å². The van der Waals surface area contributed by atoms with Crippen molar-refractivity contribution in [3.05, 3.63) is 58.7 Å². The maximum Gasteiger partial charge on any atom is 0.256 e. The molecule has 1 amide bonds. The average Bonchev–Trinajstić information content (AvgIpc) is 3.31. The van der Waals surface area contributed by atoms with Crippen molar-refractivity contribution in [3.8, 4) is 16.6 Å². The van der Waals surface area contributed by atoms with Crippen LogP contribution in [-0.2, 0) is 0 Å². The Hall–Kier alpha value is -3.10. The van der Waals surface area contributed by atoms with Gasteiger partial charge in [0.15, 0.2) is 11.5 Å². The number of anilines is 1. The number of para-hydroxylation sites is 1. The summed E-state index contributed by atoms with van der Waals surface area (Å²) in [5.74, 6) is 1.24. The summed E-state index contributed by atoms with van der Waals surface area (Å²) in [6.07, 6.45) is 0. The Kier molecular flexibility index (Phi) is 5.12. The summed E-state index contributed by atoms with van der Waals surface area (Å²) in [5.41, 5.74) is 1.89. The second-order valence-electron chi connectivity index (χ2n) is 6.19. The Morgan fingerprint density at radius 1 is 1.14 bits per heavy atom. The van der Waals surface area contributed by atoms with E-state index in [2.05, 4.69) is 15.4 Å². The zero-order chi connectivity index (χ0) is 20.5.